The van der Waals surface area contributed by atoms with Crippen molar-refractivity contribution >= 4 is 0 Å². The van der Waals surface area contributed by atoms with Crippen molar-refractivity contribution in [2.75, 3.05) is 6.54 Å². The van der Waals surface area contributed by atoms with E-state index in [9.17, 15) is 17.6 Å². The summed E-state index contributed by atoms with van der Waals surface area (Å²) in [5.41, 5.74) is 0.850. The lowest BCUT2D eigenvalue weighted by Gasteiger charge is -2.22. The first-order valence-electron chi connectivity index (χ1n) is 7.28. The van der Waals surface area contributed by atoms with Gasteiger partial charge in [0.1, 0.15) is 6.17 Å². The minimum absolute atomic E-state index is 0.254. The minimum atomic E-state index is -4.45. The van der Waals surface area contributed by atoms with E-state index in [1.807, 2.05) is 0 Å². The third-order valence-corrected chi connectivity index (χ3v) is 4.16. The number of aromatic nitrogens is 2. The number of halogens is 4. The van der Waals surface area contributed by atoms with Crippen LogP contribution >= 0.6 is 0 Å². The van der Waals surface area contributed by atoms with Gasteiger partial charge in [-0.1, -0.05) is 18.2 Å². The van der Waals surface area contributed by atoms with Crippen LogP contribution in [0.5, 0.6) is 0 Å². The fourth-order valence-electron chi connectivity index (χ4n) is 2.98. The van der Waals surface area contributed by atoms with Gasteiger partial charge in [-0.25, -0.2) is 4.39 Å². The van der Waals surface area contributed by atoms with Crippen LogP contribution in [-0.2, 0) is 19.1 Å². The second-order valence-electron chi connectivity index (χ2n) is 5.63. The van der Waals surface area contributed by atoms with Gasteiger partial charge in [-0.3, -0.25) is 4.68 Å². The first kappa shape index (κ1) is 15.3. The van der Waals surface area contributed by atoms with Crippen LogP contribution in [-0.4, -0.2) is 22.5 Å². The van der Waals surface area contributed by atoms with Crippen molar-refractivity contribution in [1.82, 2.24) is 15.1 Å². The molecule has 3 rings (SSSR count). The van der Waals surface area contributed by atoms with Crippen LogP contribution in [0.25, 0.3) is 0 Å². The number of hydrogen-bond donors (Lipinski definition) is 1. The Morgan fingerprint density at radius 3 is 2.82 bits per heavy atom. The molecule has 2 unspecified atom stereocenters. The highest BCUT2D eigenvalue weighted by molar-refractivity contribution is 5.34. The molecule has 3 nitrogen and oxygen atoms in total. The molecule has 7 heteroatoms. The molecule has 2 heterocycles. The third kappa shape index (κ3) is 2.69. The fraction of sp³-hybridized carbons (Fsp3) is 0.533. The Kier molecular flexibility index (Phi) is 3.84. The van der Waals surface area contributed by atoms with E-state index in [0.29, 0.717) is 25.2 Å². The lowest BCUT2D eigenvalue weighted by Crippen LogP contribution is -2.27. The average Bonchev–Trinajstić information content (AvgIpc) is 2.87. The van der Waals surface area contributed by atoms with E-state index in [-0.39, 0.29) is 18.0 Å². The maximum Gasteiger partial charge on any atom is 0.435 e. The topological polar surface area (TPSA) is 29.9 Å². The molecule has 2 atom stereocenters. The van der Waals surface area contributed by atoms with Crippen LogP contribution in [0, 0.1) is 0 Å². The van der Waals surface area contributed by atoms with Crippen LogP contribution in [0.15, 0.2) is 23.8 Å². The molecule has 0 spiro atoms. The van der Waals surface area contributed by atoms with Gasteiger partial charge >= 0.3 is 6.18 Å². The van der Waals surface area contributed by atoms with Gasteiger partial charge in [-0.15, -0.1) is 0 Å². The van der Waals surface area contributed by atoms with Gasteiger partial charge in [-0.05, 0) is 25.5 Å². The van der Waals surface area contributed by atoms with Crippen LogP contribution in [0.2, 0.25) is 0 Å². The summed E-state index contributed by atoms with van der Waals surface area (Å²) in [5, 5.41) is 6.93. The Labute approximate surface area is 125 Å². The number of fused-ring (bicyclic) bond motifs is 1. The van der Waals surface area contributed by atoms with Crippen molar-refractivity contribution in [3.05, 3.63) is 40.8 Å². The van der Waals surface area contributed by atoms with Crippen molar-refractivity contribution in [3.63, 3.8) is 0 Å². The van der Waals surface area contributed by atoms with E-state index in [2.05, 4.69) is 10.4 Å². The number of alkyl halides is 4. The molecule has 1 aliphatic carbocycles. The fourth-order valence-corrected chi connectivity index (χ4v) is 2.98. The number of rotatable bonds is 2. The monoisotopic (exact) mass is 315 g/mol. The first-order chi connectivity index (χ1) is 10.4. The summed E-state index contributed by atoms with van der Waals surface area (Å²) in [7, 11) is 0. The lowest BCUT2D eigenvalue weighted by atomic mass is 9.99. The number of allylic oxidation sites excluding steroid dienone is 4. The summed E-state index contributed by atoms with van der Waals surface area (Å²) < 4.78 is 54.1. The molecule has 2 aliphatic rings. The second-order valence-corrected chi connectivity index (χ2v) is 5.63. The number of hydrogen-bond acceptors (Lipinski definition) is 2. The molecule has 0 bridgehead atoms. The van der Waals surface area contributed by atoms with Gasteiger partial charge in [0, 0.05) is 18.5 Å². The Bertz CT molecular complexity index is 627. The molecule has 1 aromatic heterocycles. The number of nitrogens with one attached hydrogen (secondary N) is 1. The average molecular weight is 315 g/mol. The van der Waals surface area contributed by atoms with Crippen LogP contribution in [0.4, 0.5) is 17.6 Å². The van der Waals surface area contributed by atoms with Crippen molar-refractivity contribution in [2.45, 2.75) is 44.7 Å². The molecule has 1 N–H and O–H groups in total. The number of nitrogens with zero attached hydrogens (tertiary/aromatic N) is 2. The van der Waals surface area contributed by atoms with Crippen molar-refractivity contribution in [2.24, 2.45) is 0 Å². The summed E-state index contributed by atoms with van der Waals surface area (Å²) in [6.45, 7) is 2.67. The van der Waals surface area contributed by atoms with Gasteiger partial charge in [0.05, 0.1) is 11.7 Å². The molecule has 120 valence electrons. The Hall–Kier alpha value is -1.63. The van der Waals surface area contributed by atoms with Crippen molar-refractivity contribution in [1.29, 1.82) is 0 Å². The molecule has 0 amide bonds. The van der Waals surface area contributed by atoms with Gasteiger partial charge in [-0.2, -0.15) is 18.3 Å². The normalized spacial score (nSPS) is 23.1. The largest absolute Gasteiger partial charge is 0.435 e. The lowest BCUT2D eigenvalue weighted by molar-refractivity contribution is -0.142. The zero-order chi connectivity index (χ0) is 15.9. The Morgan fingerprint density at radius 2 is 2.18 bits per heavy atom. The second kappa shape index (κ2) is 5.53. The van der Waals surface area contributed by atoms with Crippen LogP contribution < -0.4 is 5.32 Å². The molecule has 0 saturated carbocycles. The zero-order valence-corrected chi connectivity index (χ0v) is 12.1. The highest BCUT2D eigenvalue weighted by Crippen LogP contribution is 2.36. The van der Waals surface area contributed by atoms with Crippen molar-refractivity contribution < 1.29 is 17.6 Å². The van der Waals surface area contributed by atoms with Crippen molar-refractivity contribution in [3.8, 4) is 0 Å². The molecule has 0 aromatic carbocycles. The summed E-state index contributed by atoms with van der Waals surface area (Å²) in [6.07, 6.45) is -0.0984. The summed E-state index contributed by atoms with van der Waals surface area (Å²) >= 11 is 0. The zero-order valence-electron chi connectivity index (χ0n) is 12.1. The molecule has 0 radical (unpaired) electrons. The smallest absolute Gasteiger partial charge is 0.311 e. The highest BCUT2D eigenvalue weighted by Gasteiger charge is 2.40. The predicted octanol–water partition coefficient (Wildman–Crippen LogP) is 3.33. The molecular formula is C15H17F4N3. The minimum Gasteiger partial charge on any atom is -0.311 e. The van der Waals surface area contributed by atoms with Gasteiger partial charge in [0.15, 0.2) is 5.69 Å². The maximum atomic E-state index is 13.2. The van der Waals surface area contributed by atoms with Gasteiger partial charge in [0.2, 0.25) is 0 Å². The molecule has 0 fully saturated rings. The Morgan fingerprint density at radius 1 is 1.41 bits per heavy atom. The standard InChI is InChI=1S/C15H17F4N3/c1-9(10-2-4-11(16)5-3-10)22-13-8-20-7-6-12(13)14(21-22)15(17,18)19/h2-4,9,11,20H,5-8H2,1H3. The quantitative estimate of drug-likeness (QED) is 0.849. The first-order valence-corrected chi connectivity index (χ1v) is 7.28. The predicted molar refractivity (Wildman–Crippen MR) is 74.1 cm³/mol. The third-order valence-electron chi connectivity index (χ3n) is 4.16. The van der Waals surface area contributed by atoms with Crippen LogP contribution in [0.1, 0.15) is 36.3 Å². The Balaban J connectivity index is 2.00. The van der Waals surface area contributed by atoms with E-state index in [1.54, 1.807) is 19.1 Å². The summed E-state index contributed by atoms with van der Waals surface area (Å²) in [4.78, 5) is 0. The van der Waals surface area contributed by atoms with Gasteiger partial charge < -0.3 is 5.32 Å². The van der Waals surface area contributed by atoms with E-state index in [4.69, 9.17) is 0 Å². The maximum absolute atomic E-state index is 13.2. The summed E-state index contributed by atoms with van der Waals surface area (Å²) in [5.74, 6) is 0. The SMILES string of the molecule is CC(C1=CCC(F)C=C1)n1nc(C(F)(F)F)c2c1CNCC2. The van der Waals surface area contributed by atoms with E-state index < -0.39 is 18.0 Å². The highest BCUT2D eigenvalue weighted by atomic mass is 19.4. The van der Waals surface area contributed by atoms with Gasteiger partial charge in [0.25, 0.3) is 0 Å². The van der Waals surface area contributed by atoms with Crippen LogP contribution in [0.3, 0.4) is 0 Å². The molecule has 1 aromatic rings. The van der Waals surface area contributed by atoms with E-state index in [0.717, 1.165) is 5.57 Å². The van der Waals surface area contributed by atoms with E-state index in [1.165, 1.54) is 10.8 Å². The molecule has 1 aliphatic heterocycles. The molecule has 22 heavy (non-hydrogen) atoms. The molecular weight excluding hydrogens is 298 g/mol. The molecule has 0 saturated heterocycles. The summed E-state index contributed by atoms with van der Waals surface area (Å²) in [6, 6.07) is -0.353. The van der Waals surface area contributed by atoms with E-state index >= 15 is 0 Å².